The van der Waals surface area contributed by atoms with Crippen LogP contribution in [0.4, 0.5) is 0 Å². The summed E-state index contributed by atoms with van der Waals surface area (Å²) in [5, 5.41) is 14.0. The summed E-state index contributed by atoms with van der Waals surface area (Å²) in [4.78, 5) is 0. The number of benzene rings is 1. The Morgan fingerprint density at radius 3 is 2.78 bits per heavy atom. The third-order valence-corrected chi connectivity index (χ3v) is 3.84. The molecule has 98 valence electrons. The molecule has 0 saturated heterocycles. The molecule has 0 heterocycles. The van der Waals surface area contributed by atoms with E-state index in [9.17, 15) is 4.21 Å². The number of hydrogen-bond acceptors (Lipinski definition) is 4. The van der Waals surface area contributed by atoms with Crippen LogP contribution in [-0.4, -0.2) is 33.3 Å². The number of nitrogens with zero attached hydrogens (tertiary/aromatic N) is 1. The highest BCUT2D eigenvalue weighted by Crippen LogP contribution is 2.02. The Balaban J connectivity index is 2.48. The Morgan fingerprint density at radius 2 is 2.17 bits per heavy atom. The zero-order chi connectivity index (χ0) is 13.2. The average Bonchev–Trinajstić information content (AvgIpc) is 2.42. The van der Waals surface area contributed by atoms with Crippen molar-refractivity contribution in [2.24, 2.45) is 5.16 Å². The van der Waals surface area contributed by atoms with Crippen LogP contribution in [0.2, 0.25) is 0 Å². The lowest BCUT2D eigenvalue weighted by Gasteiger charge is -2.12. The first-order valence-corrected chi connectivity index (χ1v) is 7.09. The number of hydrogen-bond donors (Lipinski definition) is 2. The summed E-state index contributed by atoms with van der Waals surface area (Å²) in [5.41, 5.74) is 1.15. The van der Waals surface area contributed by atoms with Crippen molar-refractivity contribution in [3.8, 4) is 0 Å². The van der Waals surface area contributed by atoms with Crippen LogP contribution in [0, 0.1) is 0 Å². The van der Waals surface area contributed by atoms with E-state index < -0.39 is 16.2 Å². The van der Waals surface area contributed by atoms with E-state index in [0.717, 1.165) is 12.0 Å². The lowest BCUT2D eigenvalue weighted by molar-refractivity contribution is 0.320. The molecule has 5 heteroatoms. The first-order valence-electron chi connectivity index (χ1n) is 5.71. The second-order valence-corrected chi connectivity index (χ2v) is 5.38. The molecule has 0 radical (unpaired) electrons. The molecule has 0 fully saturated rings. The minimum atomic E-state index is -1.13. The second kappa shape index (κ2) is 8.60. The lowest BCUT2D eigenvalue weighted by Crippen LogP contribution is -2.36. The molecule has 0 aliphatic heterocycles. The fourth-order valence-electron chi connectivity index (χ4n) is 1.46. The topological polar surface area (TPSA) is 61.7 Å². The smallest absolute Gasteiger partial charge is 0.123 e. The zero-order valence-corrected chi connectivity index (χ0v) is 11.0. The SMILES string of the molecule is C=CCNC(C=NO)S(=O)CCc1ccccc1. The van der Waals surface area contributed by atoms with Crippen molar-refractivity contribution >= 4 is 17.0 Å². The van der Waals surface area contributed by atoms with Crippen LogP contribution in [-0.2, 0) is 17.2 Å². The van der Waals surface area contributed by atoms with E-state index in [-0.39, 0.29) is 0 Å². The van der Waals surface area contributed by atoms with Gasteiger partial charge in [-0.2, -0.15) is 0 Å². The van der Waals surface area contributed by atoms with Crippen LogP contribution in [0.15, 0.2) is 48.1 Å². The summed E-state index contributed by atoms with van der Waals surface area (Å²) < 4.78 is 12.0. The molecule has 2 unspecified atom stereocenters. The van der Waals surface area contributed by atoms with Gasteiger partial charge in [-0.15, -0.1) is 6.58 Å². The van der Waals surface area contributed by atoms with Crippen molar-refractivity contribution in [1.82, 2.24) is 5.32 Å². The van der Waals surface area contributed by atoms with Crippen LogP contribution in [0.1, 0.15) is 5.56 Å². The molecule has 0 amide bonds. The minimum absolute atomic E-state index is 0.447. The van der Waals surface area contributed by atoms with E-state index in [1.54, 1.807) is 6.08 Å². The Hall–Kier alpha value is -1.46. The predicted octanol–water partition coefficient (Wildman–Crippen LogP) is 1.54. The van der Waals surface area contributed by atoms with E-state index in [1.165, 1.54) is 6.21 Å². The summed E-state index contributed by atoms with van der Waals surface area (Å²) in [6.07, 6.45) is 3.66. The zero-order valence-electron chi connectivity index (χ0n) is 10.2. The van der Waals surface area contributed by atoms with Gasteiger partial charge in [0.1, 0.15) is 5.37 Å². The monoisotopic (exact) mass is 266 g/mol. The molecule has 1 aromatic carbocycles. The van der Waals surface area contributed by atoms with Crippen LogP contribution in [0.3, 0.4) is 0 Å². The summed E-state index contributed by atoms with van der Waals surface area (Å²) in [5.74, 6) is 0.519. The highest BCUT2D eigenvalue weighted by atomic mass is 32.2. The quantitative estimate of drug-likeness (QED) is 0.325. The van der Waals surface area contributed by atoms with E-state index in [2.05, 4.69) is 17.1 Å². The maximum atomic E-state index is 12.0. The summed E-state index contributed by atoms with van der Waals surface area (Å²) >= 11 is 0. The van der Waals surface area contributed by atoms with E-state index in [1.807, 2.05) is 30.3 Å². The van der Waals surface area contributed by atoms with Crippen molar-refractivity contribution in [1.29, 1.82) is 0 Å². The van der Waals surface area contributed by atoms with Crippen LogP contribution < -0.4 is 5.32 Å². The Morgan fingerprint density at radius 1 is 1.44 bits per heavy atom. The molecule has 0 aromatic heterocycles. The van der Waals surface area contributed by atoms with E-state index in [4.69, 9.17) is 5.21 Å². The molecule has 0 aliphatic carbocycles. The van der Waals surface area contributed by atoms with Crippen LogP contribution >= 0.6 is 0 Å². The number of nitrogens with one attached hydrogen (secondary N) is 1. The van der Waals surface area contributed by atoms with Gasteiger partial charge in [0.25, 0.3) is 0 Å². The normalized spacial score (nSPS) is 14.4. The molecular weight excluding hydrogens is 248 g/mol. The fraction of sp³-hybridized carbons (Fsp3) is 0.308. The summed E-state index contributed by atoms with van der Waals surface area (Å²) in [6, 6.07) is 9.88. The van der Waals surface area contributed by atoms with Gasteiger partial charge < -0.3 is 5.21 Å². The number of aryl methyl sites for hydroxylation is 1. The third kappa shape index (κ3) is 5.25. The van der Waals surface area contributed by atoms with Crippen molar-refractivity contribution < 1.29 is 9.42 Å². The van der Waals surface area contributed by atoms with Crippen LogP contribution in [0.5, 0.6) is 0 Å². The molecule has 0 spiro atoms. The van der Waals surface area contributed by atoms with Crippen molar-refractivity contribution in [3.63, 3.8) is 0 Å². The molecule has 0 aliphatic rings. The Labute approximate surface area is 110 Å². The van der Waals surface area contributed by atoms with Gasteiger partial charge in [0.05, 0.1) is 6.21 Å². The Bertz CT molecular complexity index is 407. The summed E-state index contributed by atoms with van der Waals surface area (Å²) in [6.45, 7) is 4.10. The first-order chi connectivity index (χ1) is 8.77. The lowest BCUT2D eigenvalue weighted by atomic mass is 10.2. The van der Waals surface area contributed by atoms with E-state index >= 15 is 0 Å². The predicted molar refractivity (Wildman–Crippen MR) is 75.4 cm³/mol. The van der Waals surface area contributed by atoms with Gasteiger partial charge in [0.15, 0.2) is 0 Å². The number of rotatable bonds is 8. The average molecular weight is 266 g/mol. The maximum Gasteiger partial charge on any atom is 0.123 e. The molecule has 2 atom stereocenters. The van der Waals surface area contributed by atoms with Gasteiger partial charge in [-0.25, -0.2) is 0 Å². The largest absolute Gasteiger partial charge is 0.411 e. The molecule has 1 aromatic rings. The van der Waals surface area contributed by atoms with Gasteiger partial charge in [0.2, 0.25) is 0 Å². The van der Waals surface area contributed by atoms with E-state index in [0.29, 0.717) is 12.3 Å². The number of oxime groups is 1. The molecule has 0 saturated carbocycles. The molecule has 2 N–H and O–H groups in total. The fourth-order valence-corrected chi connectivity index (χ4v) is 2.63. The van der Waals surface area contributed by atoms with Gasteiger partial charge in [0, 0.05) is 23.1 Å². The standard InChI is InChI=1S/C13H18N2O2S/c1-2-9-14-13(11-15-16)18(17)10-8-12-6-4-3-5-7-12/h2-7,11,13-14,16H,1,8-10H2. The minimum Gasteiger partial charge on any atom is -0.411 e. The Kier molecular flexibility index (Phi) is 6.98. The van der Waals surface area contributed by atoms with Gasteiger partial charge in [-0.05, 0) is 12.0 Å². The van der Waals surface area contributed by atoms with Crippen molar-refractivity contribution in [2.45, 2.75) is 11.8 Å². The highest BCUT2D eigenvalue weighted by molar-refractivity contribution is 7.86. The third-order valence-electron chi connectivity index (χ3n) is 2.38. The van der Waals surface area contributed by atoms with Crippen molar-refractivity contribution in [2.75, 3.05) is 12.3 Å². The summed E-state index contributed by atoms with van der Waals surface area (Å²) in [7, 11) is -1.13. The second-order valence-electron chi connectivity index (χ2n) is 3.70. The van der Waals surface area contributed by atoms with Gasteiger partial charge in [-0.1, -0.05) is 41.6 Å². The van der Waals surface area contributed by atoms with Crippen molar-refractivity contribution in [3.05, 3.63) is 48.6 Å². The van der Waals surface area contributed by atoms with Crippen LogP contribution in [0.25, 0.3) is 0 Å². The maximum absolute atomic E-state index is 12.0. The molecular formula is C13H18N2O2S. The highest BCUT2D eigenvalue weighted by Gasteiger charge is 2.13. The molecule has 1 rings (SSSR count). The molecule has 0 bridgehead atoms. The van der Waals surface area contributed by atoms with Gasteiger partial charge in [-0.3, -0.25) is 9.53 Å². The molecule has 4 nitrogen and oxygen atoms in total. The molecule has 18 heavy (non-hydrogen) atoms. The first kappa shape index (κ1) is 14.6. The van der Waals surface area contributed by atoms with Gasteiger partial charge >= 0.3 is 0 Å².